The topological polar surface area (TPSA) is 15.3 Å². The minimum absolute atomic E-state index is 0.524. The molecular formula is C15H30N2. The molecular weight excluding hydrogens is 208 g/mol. The zero-order valence-electron chi connectivity index (χ0n) is 12.0. The van der Waals surface area contributed by atoms with Gasteiger partial charge < -0.3 is 5.32 Å². The molecule has 17 heavy (non-hydrogen) atoms. The zero-order valence-corrected chi connectivity index (χ0v) is 12.0. The first-order valence-electron chi connectivity index (χ1n) is 7.61. The van der Waals surface area contributed by atoms with Gasteiger partial charge in [-0.3, -0.25) is 4.90 Å². The largest absolute Gasteiger partial charge is 0.315 e. The Morgan fingerprint density at radius 2 is 2.06 bits per heavy atom. The SMILES string of the molecule is CCCN(C1CCNC1)C1CCCCC1(C)C. The van der Waals surface area contributed by atoms with E-state index in [2.05, 4.69) is 31.0 Å². The van der Waals surface area contributed by atoms with Gasteiger partial charge in [0.15, 0.2) is 0 Å². The van der Waals surface area contributed by atoms with Crippen molar-refractivity contribution in [1.29, 1.82) is 0 Å². The second kappa shape index (κ2) is 5.71. The fourth-order valence-electron chi connectivity index (χ4n) is 3.86. The van der Waals surface area contributed by atoms with Crippen molar-refractivity contribution in [2.45, 2.75) is 71.4 Å². The lowest BCUT2D eigenvalue weighted by molar-refractivity contribution is 0.0232. The maximum atomic E-state index is 3.54. The van der Waals surface area contributed by atoms with Gasteiger partial charge in [0.2, 0.25) is 0 Å². The smallest absolute Gasteiger partial charge is 0.0235 e. The van der Waals surface area contributed by atoms with Gasteiger partial charge in [0.25, 0.3) is 0 Å². The van der Waals surface area contributed by atoms with E-state index in [9.17, 15) is 0 Å². The lowest BCUT2D eigenvalue weighted by Crippen LogP contribution is -2.52. The summed E-state index contributed by atoms with van der Waals surface area (Å²) in [6.45, 7) is 11.0. The molecule has 2 unspecified atom stereocenters. The van der Waals surface area contributed by atoms with E-state index in [0.717, 1.165) is 12.1 Å². The number of rotatable bonds is 4. The van der Waals surface area contributed by atoms with Gasteiger partial charge in [-0.15, -0.1) is 0 Å². The summed E-state index contributed by atoms with van der Waals surface area (Å²) in [7, 11) is 0. The van der Waals surface area contributed by atoms with Gasteiger partial charge in [0.05, 0.1) is 0 Å². The molecule has 2 heteroatoms. The molecule has 1 aliphatic carbocycles. The lowest BCUT2D eigenvalue weighted by Gasteiger charge is -2.47. The molecule has 1 N–H and O–H groups in total. The zero-order chi connectivity index (χ0) is 12.3. The van der Waals surface area contributed by atoms with Gasteiger partial charge in [-0.25, -0.2) is 0 Å². The summed E-state index contributed by atoms with van der Waals surface area (Å²) in [5, 5.41) is 3.54. The van der Waals surface area contributed by atoms with Crippen LogP contribution in [0.2, 0.25) is 0 Å². The van der Waals surface area contributed by atoms with Crippen LogP contribution in [0.4, 0.5) is 0 Å². The molecule has 0 bridgehead atoms. The predicted molar refractivity (Wildman–Crippen MR) is 74.3 cm³/mol. The van der Waals surface area contributed by atoms with Gasteiger partial charge in [-0.2, -0.15) is 0 Å². The van der Waals surface area contributed by atoms with E-state index < -0.39 is 0 Å². The highest BCUT2D eigenvalue weighted by molar-refractivity contribution is 4.94. The van der Waals surface area contributed by atoms with E-state index in [1.807, 2.05) is 0 Å². The van der Waals surface area contributed by atoms with Gasteiger partial charge in [0, 0.05) is 18.6 Å². The Bertz CT molecular complexity index is 231. The number of hydrogen-bond acceptors (Lipinski definition) is 2. The third-order valence-corrected chi connectivity index (χ3v) is 4.84. The minimum Gasteiger partial charge on any atom is -0.315 e. The fourth-order valence-corrected chi connectivity index (χ4v) is 3.86. The molecule has 2 aliphatic rings. The van der Waals surface area contributed by atoms with Crippen molar-refractivity contribution in [3.05, 3.63) is 0 Å². The number of nitrogens with one attached hydrogen (secondary N) is 1. The standard InChI is InChI=1S/C15H30N2/c1-4-11-17(13-8-10-16-12-13)14-7-5-6-9-15(14,2)3/h13-14,16H,4-12H2,1-3H3. The maximum absolute atomic E-state index is 3.54. The Kier molecular flexibility index (Phi) is 4.48. The van der Waals surface area contributed by atoms with Crippen molar-refractivity contribution in [2.75, 3.05) is 19.6 Å². The monoisotopic (exact) mass is 238 g/mol. The Hall–Kier alpha value is -0.0800. The average molecular weight is 238 g/mol. The quantitative estimate of drug-likeness (QED) is 0.810. The van der Waals surface area contributed by atoms with Crippen molar-refractivity contribution in [2.24, 2.45) is 5.41 Å². The summed E-state index contributed by atoms with van der Waals surface area (Å²) in [5.41, 5.74) is 0.524. The Morgan fingerprint density at radius 1 is 1.24 bits per heavy atom. The molecule has 1 heterocycles. The molecule has 0 aromatic carbocycles. The molecule has 1 saturated carbocycles. The lowest BCUT2D eigenvalue weighted by atomic mass is 9.72. The summed E-state index contributed by atoms with van der Waals surface area (Å²) in [6.07, 6.45) is 8.36. The summed E-state index contributed by atoms with van der Waals surface area (Å²) < 4.78 is 0. The highest BCUT2D eigenvalue weighted by Crippen LogP contribution is 2.39. The van der Waals surface area contributed by atoms with E-state index in [1.165, 1.54) is 58.2 Å². The molecule has 1 saturated heterocycles. The van der Waals surface area contributed by atoms with Gasteiger partial charge in [0.1, 0.15) is 0 Å². The molecule has 0 amide bonds. The first kappa shape index (κ1) is 13.4. The van der Waals surface area contributed by atoms with Crippen molar-refractivity contribution >= 4 is 0 Å². The molecule has 2 rings (SSSR count). The normalized spacial score (nSPS) is 33.2. The van der Waals surface area contributed by atoms with Crippen LogP contribution in [-0.2, 0) is 0 Å². The highest BCUT2D eigenvalue weighted by atomic mass is 15.2. The molecule has 2 fully saturated rings. The molecule has 0 aromatic rings. The summed E-state index contributed by atoms with van der Waals surface area (Å²) in [6, 6.07) is 1.62. The van der Waals surface area contributed by atoms with Crippen molar-refractivity contribution < 1.29 is 0 Å². The van der Waals surface area contributed by atoms with E-state index >= 15 is 0 Å². The highest BCUT2D eigenvalue weighted by Gasteiger charge is 2.39. The number of hydrogen-bond donors (Lipinski definition) is 1. The van der Waals surface area contributed by atoms with Crippen LogP contribution in [0.1, 0.15) is 59.3 Å². The van der Waals surface area contributed by atoms with E-state index in [-0.39, 0.29) is 0 Å². The third kappa shape index (κ3) is 3.03. The third-order valence-electron chi connectivity index (χ3n) is 4.84. The van der Waals surface area contributed by atoms with E-state index in [4.69, 9.17) is 0 Å². The van der Waals surface area contributed by atoms with E-state index in [1.54, 1.807) is 0 Å². The second-order valence-electron chi connectivity index (χ2n) is 6.63. The van der Waals surface area contributed by atoms with Crippen LogP contribution in [0.5, 0.6) is 0 Å². The first-order chi connectivity index (χ1) is 8.15. The molecule has 1 aliphatic heterocycles. The van der Waals surface area contributed by atoms with Crippen LogP contribution < -0.4 is 5.32 Å². The minimum atomic E-state index is 0.524. The summed E-state index contributed by atoms with van der Waals surface area (Å²) in [4.78, 5) is 2.85. The van der Waals surface area contributed by atoms with Gasteiger partial charge in [-0.1, -0.05) is 33.6 Å². The summed E-state index contributed by atoms with van der Waals surface area (Å²) in [5.74, 6) is 0. The Balaban J connectivity index is 2.07. The average Bonchev–Trinajstić information content (AvgIpc) is 2.79. The molecule has 0 spiro atoms. The van der Waals surface area contributed by atoms with Crippen LogP contribution in [-0.4, -0.2) is 36.6 Å². The Labute approximate surface area is 107 Å². The molecule has 100 valence electrons. The predicted octanol–water partition coefficient (Wildman–Crippen LogP) is 3.03. The molecule has 0 aromatic heterocycles. The first-order valence-corrected chi connectivity index (χ1v) is 7.61. The van der Waals surface area contributed by atoms with Crippen LogP contribution >= 0.6 is 0 Å². The van der Waals surface area contributed by atoms with E-state index in [0.29, 0.717) is 5.41 Å². The van der Waals surface area contributed by atoms with Crippen LogP contribution in [0.15, 0.2) is 0 Å². The van der Waals surface area contributed by atoms with Crippen molar-refractivity contribution in [1.82, 2.24) is 10.2 Å². The van der Waals surface area contributed by atoms with Crippen molar-refractivity contribution in [3.8, 4) is 0 Å². The van der Waals surface area contributed by atoms with Crippen LogP contribution in [0.3, 0.4) is 0 Å². The van der Waals surface area contributed by atoms with Crippen molar-refractivity contribution in [3.63, 3.8) is 0 Å². The van der Waals surface area contributed by atoms with Crippen LogP contribution in [0, 0.1) is 5.41 Å². The maximum Gasteiger partial charge on any atom is 0.0235 e. The molecule has 0 radical (unpaired) electrons. The van der Waals surface area contributed by atoms with Crippen LogP contribution in [0.25, 0.3) is 0 Å². The summed E-state index contributed by atoms with van der Waals surface area (Å²) >= 11 is 0. The fraction of sp³-hybridized carbons (Fsp3) is 1.00. The second-order valence-corrected chi connectivity index (χ2v) is 6.63. The molecule has 2 nitrogen and oxygen atoms in total. The Morgan fingerprint density at radius 3 is 2.65 bits per heavy atom. The van der Waals surface area contributed by atoms with Gasteiger partial charge >= 0.3 is 0 Å². The number of nitrogens with zero attached hydrogens (tertiary/aromatic N) is 1. The van der Waals surface area contributed by atoms with Gasteiger partial charge in [-0.05, 0) is 44.2 Å². The molecule has 2 atom stereocenters.